The number of fused-ring (bicyclic) bond motifs is 5. The summed E-state index contributed by atoms with van der Waals surface area (Å²) in [6, 6.07) is 0. The van der Waals surface area contributed by atoms with Crippen LogP contribution in [-0.2, 0) is 4.79 Å². The zero-order valence-corrected chi connectivity index (χ0v) is 25.7. The fourth-order valence-corrected chi connectivity index (χ4v) is 12.6. The normalized spacial score (nSPS) is 49.3. The van der Waals surface area contributed by atoms with Crippen LogP contribution in [0.25, 0.3) is 0 Å². The maximum Gasteiger partial charge on any atom is 0.164 e. The van der Waals surface area contributed by atoms with E-state index in [1.807, 2.05) is 0 Å². The lowest BCUT2D eigenvalue weighted by Gasteiger charge is -2.64. The van der Waals surface area contributed by atoms with Crippen LogP contribution >= 0.6 is 43.5 Å². The van der Waals surface area contributed by atoms with Crippen molar-refractivity contribution in [2.24, 2.45) is 52.3 Å². The summed E-state index contributed by atoms with van der Waals surface area (Å²) in [6.45, 7) is 14.7. The third-order valence-electron chi connectivity index (χ3n) is 11.7. The smallest absolute Gasteiger partial charge is 0.164 e. The molecule has 0 unspecified atom stereocenters. The number of rotatable bonds is 6. The summed E-state index contributed by atoms with van der Waals surface area (Å²) in [6.07, 6.45) is 12.2. The molecule has 11 atom stereocenters. The molecule has 0 N–H and O–H groups in total. The van der Waals surface area contributed by atoms with Gasteiger partial charge in [0.2, 0.25) is 0 Å². The van der Waals surface area contributed by atoms with E-state index in [9.17, 15) is 4.79 Å². The van der Waals surface area contributed by atoms with E-state index in [0.717, 1.165) is 42.9 Å². The van der Waals surface area contributed by atoms with Gasteiger partial charge in [0, 0.05) is 5.38 Å². The Morgan fingerprint density at radius 2 is 1.73 bits per heavy atom. The average Bonchev–Trinajstić information content (AvgIpc) is 3.11. The molecule has 4 heteroatoms. The van der Waals surface area contributed by atoms with Crippen LogP contribution in [0.2, 0.25) is 0 Å². The second kappa shape index (κ2) is 9.66. The SMILES string of the molecule is CC[C@H](CC[C@@H](C)[C@H]1CC[C@H]2[C@@H]3[C@H](Br)C(=O)[C@@]4(Br)C[C@@H](Cl)CC[C@]4(C)[C@H]3CC[C@]12C)C(C)C. The Hall–Kier alpha value is 0.920. The predicted octanol–water partition coefficient (Wildman–Crippen LogP) is 9.42. The highest BCUT2D eigenvalue weighted by atomic mass is 79.9. The summed E-state index contributed by atoms with van der Waals surface area (Å²) in [5.74, 6) is 5.41. The first-order valence-electron chi connectivity index (χ1n) is 13.9. The number of ketones is 1. The highest BCUT2D eigenvalue weighted by molar-refractivity contribution is 9.11. The first-order chi connectivity index (χ1) is 15.4. The molecule has 190 valence electrons. The molecule has 0 aromatic rings. The molecule has 0 saturated heterocycles. The standard InChI is InChI=1S/C29H47Br2ClO/c1-7-19(17(2)3)9-8-18(4)21-10-11-22-24-23(13-14-27(21,22)5)28(6)15-12-20(32)16-29(28,31)26(33)25(24)30/h17-25H,7-16H2,1-6H3/t18-,19-,20+,21-,22+,23+,24+,25+,27-,28-,29+/m1/s1. The maximum atomic E-state index is 13.9. The second-order valence-corrected chi connectivity index (χ2v) is 16.3. The Kier molecular flexibility index (Phi) is 7.90. The van der Waals surface area contributed by atoms with E-state index >= 15 is 0 Å². The van der Waals surface area contributed by atoms with E-state index in [4.69, 9.17) is 11.6 Å². The number of halogens is 3. The topological polar surface area (TPSA) is 17.1 Å². The van der Waals surface area contributed by atoms with Crippen molar-refractivity contribution < 1.29 is 4.79 Å². The molecule has 4 aliphatic carbocycles. The maximum absolute atomic E-state index is 13.9. The van der Waals surface area contributed by atoms with Gasteiger partial charge in [0.25, 0.3) is 0 Å². The van der Waals surface area contributed by atoms with Crippen molar-refractivity contribution in [2.45, 2.75) is 120 Å². The highest BCUT2D eigenvalue weighted by Crippen LogP contribution is 2.71. The van der Waals surface area contributed by atoms with E-state index in [0.29, 0.717) is 29.0 Å². The molecule has 0 spiro atoms. The van der Waals surface area contributed by atoms with Gasteiger partial charge < -0.3 is 0 Å². The van der Waals surface area contributed by atoms with Crippen LogP contribution in [0.15, 0.2) is 0 Å². The average molecular weight is 607 g/mol. The Labute approximate surface area is 225 Å². The summed E-state index contributed by atoms with van der Waals surface area (Å²) >= 11 is 14.7. The largest absolute Gasteiger partial charge is 0.297 e. The summed E-state index contributed by atoms with van der Waals surface area (Å²) in [4.78, 5) is 13.9. The van der Waals surface area contributed by atoms with E-state index in [2.05, 4.69) is 73.4 Å². The fraction of sp³-hybridized carbons (Fsp3) is 0.966. The molecule has 33 heavy (non-hydrogen) atoms. The van der Waals surface area contributed by atoms with Crippen LogP contribution in [0.5, 0.6) is 0 Å². The van der Waals surface area contributed by atoms with Crippen LogP contribution in [0, 0.1) is 52.3 Å². The van der Waals surface area contributed by atoms with Crippen LogP contribution < -0.4 is 0 Å². The van der Waals surface area contributed by atoms with Gasteiger partial charge in [0.05, 0.1) is 9.15 Å². The molecule has 0 bridgehead atoms. The quantitative estimate of drug-likeness (QED) is 0.275. The summed E-state index contributed by atoms with van der Waals surface area (Å²) in [7, 11) is 0. The molecule has 0 aliphatic heterocycles. The Bertz CT molecular complexity index is 741. The Balaban J connectivity index is 1.56. The van der Waals surface area contributed by atoms with E-state index in [1.165, 1.54) is 44.9 Å². The van der Waals surface area contributed by atoms with E-state index < -0.39 is 4.32 Å². The molecule has 1 nitrogen and oxygen atoms in total. The van der Waals surface area contributed by atoms with Gasteiger partial charge in [-0.1, -0.05) is 86.2 Å². The minimum absolute atomic E-state index is 0.0268. The van der Waals surface area contributed by atoms with Gasteiger partial charge in [0.15, 0.2) is 5.78 Å². The van der Waals surface area contributed by atoms with Gasteiger partial charge in [-0.25, -0.2) is 0 Å². The zero-order chi connectivity index (χ0) is 24.3. The third-order valence-corrected chi connectivity index (χ3v) is 14.8. The van der Waals surface area contributed by atoms with Crippen molar-refractivity contribution in [3.63, 3.8) is 0 Å². The van der Waals surface area contributed by atoms with Gasteiger partial charge in [-0.3, -0.25) is 4.79 Å². The lowest BCUT2D eigenvalue weighted by atomic mass is 9.44. The van der Waals surface area contributed by atoms with Crippen molar-refractivity contribution in [2.75, 3.05) is 0 Å². The van der Waals surface area contributed by atoms with Crippen molar-refractivity contribution >= 4 is 49.2 Å². The molecular weight excluding hydrogens is 560 g/mol. The number of Topliss-reactive ketones (excluding diaryl/α,β-unsaturated/α-hetero) is 1. The molecule has 4 rings (SSSR count). The van der Waals surface area contributed by atoms with E-state index in [1.54, 1.807) is 0 Å². The Morgan fingerprint density at radius 3 is 2.36 bits per heavy atom. The van der Waals surface area contributed by atoms with Crippen molar-refractivity contribution in [3.8, 4) is 0 Å². The first kappa shape index (κ1) is 27.0. The second-order valence-electron chi connectivity index (χ2n) is 13.3. The molecule has 4 saturated carbocycles. The lowest BCUT2D eigenvalue weighted by molar-refractivity contribution is -0.145. The lowest BCUT2D eigenvalue weighted by Crippen LogP contribution is -2.67. The molecule has 0 heterocycles. The van der Waals surface area contributed by atoms with Crippen molar-refractivity contribution in [1.82, 2.24) is 0 Å². The number of hydrogen-bond acceptors (Lipinski definition) is 1. The number of hydrogen-bond donors (Lipinski definition) is 0. The van der Waals surface area contributed by atoms with Gasteiger partial charge in [0.1, 0.15) is 0 Å². The predicted molar refractivity (Wildman–Crippen MR) is 149 cm³/mol. The Morgan fingerprint density at radius 1 is 1.03 bits per heavy atom. The molecule has 4 aliphatic rings. The molecule has 0 radical (unpaired) electrons. The molecule has 0 aromatic carbocycles. The monoisotopic (exact) mass is 604 g/mol. The summed E-state index contributed by atoms with van der Waals surface area (Å²) in [5.41, 5.74) is 0.417. The molecular formula is C29H47Br2ClO. The molecule has 0 amide bonds. The van der Waals surface area contributed by atoms with Crippen LogP contribution in [0.4, 0.5) is 0 Å². The van der Waals surface area contributed by atoms with Gasteiger partial charge >= 0.3 is 0 Å². The minimum Gasteiger partial charge on any atom is -0.297 e. The van der Waals surface area contributed by atoms with E-state index in [-0.39, 0.29) is 15.6 Å². The minimum atomic E-state index is -0.453. The van der Waals surface area contributed by atoms with Gasteiger partial charge in [-0.05, 0) is 104 Å². The molecule has 0 aromatic heterocycles. The number of carbonyl (C=O) groups is 1. The van der Waals surface area contributed by atoms with Crippen LogP contribution in [-0.4, -0.2) is 20.3 Å². The summed E-state index contributed by atoms with van der Waals surface area (Å²) in [5, 5.41) is 0.112. The van der Waals surface area contributed by atoms with Crippen molar-refractivity contribution in [1.29, 1.82) is 0 Å². The third kappa shape index (κ3) is 4.17. The highest BCUT2D eigenvalue weighted by Gasteiger charge is 2.69. The summed E-state index contributed by atoms with van der Waals surface area (Å²) < 4.78 is -0.453. The van der Waals surface area contributed by atoms with Crippen molar-refractivity contribution in [3.05, 3.63) is 0 Å². The first-order valence-corrected chi connectivity index (χ1v) is 16.1. The number of alkyl halides is 3. The molecule has 4 fully saturated rings. The van der Waals surface area contributed by atoms with Gasteiger partial charge in [-0.2, -0.15) is 0 Å². The van der Waals surface area contributed by atoms with Gasteiger partial charge in [-0.15, -0.1) is 11.6 Å². The fourth-order valence-electron chi connectivity index (χ4n) is 9.56. The van der Waals surface area contributed by atoms with Crippen LogP contribution in [0.1, 0.15) is 106 Å². The van der Waals surface area contributed by atoms with Crippen LogP contribution in [0.3, 0.4) is 0 Å². The number of carbonyl (C=O) groups excluding carboxylic acids is 1. The zero-order valence-electron chi connectivity index (χ0n) is 21.8.